The number of fused-ring (bicyclic) bond motifs is 1. The Morgan fingerprint density at radius 3 is 2.57 bits per heavy atom. The van der Waals surface area contributed by atoms with E-state index in [1.165, 1.54) is 6.07 Å². The summed E-state index contributed by atoms with van der Waals surface area (Å²) < 4.78 is 5.17. The van der Waals surface area contributed by atoms with Gasteiger partial charge in [0.25, 0.3) is 0 Å². The Balaban J connectivity index is 1.98. The molecule has 0 bridgehead atoms. The minimum absolute atomic E-state index is 0.0614. The lowest BCUT2D eigenvalue weighted by molar-refractivity contribution is 0.186. The minimum Gasteiger partial charge on any atom is -0.494 e. The van der Waals surface area contributed by atoms with Gasteiger partial charge in [-0.15, -0.1) is 0 Å². The zero-order valence-electron chi connectivity index (χ0n) is 12.5. The number of pyridine rings is 1. The average molecular weight is 332 g/mol. The first-order chi connectivity index (χ1) is 11.1. The SMILES string of the molecule is COCc1ccc(CCc2sc(=O)[nH]c2O)c2ccc(=O)[nH]c12. The first-order valence-electron chi connectivity index (χ1n) is 7.12. The van der Waals surface area contributed by atoms with Crippen molar-refractivity contribution in [2.75, 3.05) is 7.11 Å². The quantitative estimate of drug-likeness (QED) is 0.665. The number of thiazole rings is 1. The molecule has 0 aliphatic rings. The predicted molar refractivity (Wildman–Crippen MR) is 89.3 cm³/mol. The molecule has 0 radical (unpaired) electrons. The molecule has 0 spiro atoms. The Kier molecular flexibility index (Phi) is 4.31. The van der Waals surface area contributed by atoms with Gasteiger partial charge in [0.15, 0.2) is 0 Å². The van der Waals surface area contributed by atoms with Crippen molar-refractivity contribution in [3.8, 4) is 5.88 Å². The second kappa shape index (κ2) is 6.39. The van der Waals surface area contributed by atoms with E-state index >= 15 is 0 Å². The van der Waals surface area contributed by atoms with E-state index in [2.05, 4.69) is 9.97 Å². The normalized spacial score (nSPS) is 11.2. The molecule has 0 amide bonds. The summed E-state index contributed by atoms with van der Waals surface area (Å²) in [5.41, 5.74) is 2.56. The summed E-state index contributed by atoms with van der Waals surface area (Å²) >= 11 is 1.01. The van der Waals surface area contributed by atoms with Crippen LogP contribution < -0.4 is 10.4 Å². The number of aromatic hydroxyl groups is 1. The molecule has 2 aromatic heterocycles. The number of nitrogens with one attached hydrogen (secondary N) is 2. The lowest BCUT2D eigenvalue weighted by Gasteiger charge is -2.10. The van der Waals surface area contributed by atoms with Gasteiger partial charge in [0, 0.05) is 24.1 Å². The van der Waals surface area contributed by atoms with Crippen LogP contribution in [-0.4, -0.2) is 22.2 Å². The summed E-state index contributed by atoms with van der Waals surface area (Å²) in [6, 6.07) is 7.20. The van der Waals surface area contributed by atoms with Gasteiger partial charge in [-0.2, -0.15) is 0 Å². The number of hydrogen-bond acceptors (Lipinski definition) is 5. The van der Waals surface area contributed by atoms with Gasteiger partial charge in [-0.3, -0.25) is 14.6 Å². The average Bonchev–Trinajstić information content (AvgIpc) is 2.84. The second-order valence-electron chi connectivity index (χ2n) is 5.21. The van der Waals surface area contributed by atoms with E-state index in [4.69, 9.17) is 4.74 Å². The van der Waals surface area contributed by atoms with Gasteiger partial charge in [0.05, 0.1) is 17.0 Å². The molecule has 6 nitrogen and oxygen atoms in total. The van der Waals surface area contributed by atoms with Gasteiger partial charge in [-0.25, -0.2) is 0 Å². The summed E-state index contributed by atoms with van der Waals surface area (Å²) in [6.07, 6.45) is 1.20. The fourth-order valence-corrected chi connectivity index (χ4v) is 3.36. The van der Waals surface area contributed by atoms with Crippen molar-refractivity contribution in [1.82, 2.24) is 9.97 Å². The van der Waals surface area contributed by atoms with Crippen LogP contribution in [0.3, 0.4) is 0 Å². The highest BCUT2D eigenvalue weighted by molar-refractivity contribution is 7.09. The molecule has 0 atom stereocenters. The highest BCUT2D eigenvalue weighted by Gasteiger charge is 2.10. The molecular formula is C16H16N2O4S. The Morgan fingerprint density at radius 2 is 1.87 bits per heavy atom. The standard InChI is InChI=1S/C16H16N2O4S/c1-22-8-10-3-2-9(11-5-7-13(19)17-14(10)11)4-6-12-15(20)18-16(21)23-12/h2-3,5,7,20H,4,6,8H2,1H3,(H,17,19)(H,18,21). The lowest BCUT2D eigenvalue weighted by atomic mass is 10.0. The van der Waals surface area contributed by atoms with Gasteiger partial charge in [-0.05, 0) is 24.5 Å². The van der Waals surface area contributed by atoms with Crippen LogP contribution in [0.1, 0.15) is 16.0 Å². The van der Waals surface area contributed by atoms with Crippen molar-refractivity contribution in [2.24, 2.45) is 0 Å². The van der Waals surface area contributed by atoms with E-state index in [9.17, 15) is 14.7 Å². The molecule has 0 saturated carbocycles. The maximum absolute atomic E-state index is 11.6. The molecule has 0 aliphatic carbocycles. The zero-order chi connectivity index (χ0) is 16.4. The van der Waals surface area contributed by atoms with Crippen LogP contribution in [0.4, 0.5) is 0 Å². The van der Waals surface area contributed by atoms with E-state index in [-0.39, 0.29) is 16.3 Å². The van der Waals surface area contributed by atoms with Crippen molar-refractivity contribution in [2.45, 2.75) is 19.4 Å². The van der Waals surface area contributed by atoms with Crippen molar-refractivity contribution < 1.29 is 9.84 Å². The van der Waals surface area contributed by atoms with Crippen LogP contribution in [0.5, 0.6) is 5.88 Å². The first kappa shape index (κ1) is 15.5. The van der Waals surface area contributed by atoms with Crippen LogP contribution in [0.2, 0.25) is 0 Å². The fourth-order valence-electron chi connectivity index (χ4n) is 2.63. The molecule has 7 heteroatoms. The van der Waals surface area contributed by atoms with Crippen LogP contribution in [0.25, 0.3) is 10.9 Å². The fraction of sp³-hybridized carbons (Fsp3) is 0.250. The number of rotatable bonds is 5. The number of methoxy groups -OCH3 is 1. The molecule has 0 saturated heterocycles. The summed E-state index contributed by atoms with van der Waals surface area (Å²) in [6.45, 7) is 0.414. The zero-order valence-corrected chi connectivity index (χ0v) is 13.3. The molecule has 3 rings (SSSR count). The monoisotopic (exact) mass is 332 g/mol. The third-order valence-corrected chi connectivity index (χ3v) is 4.62. The van der Waals surface area contributed by atoms with E-state index < -0.39 is 0 Å². The van der Waals surface area contributed by atoms with Gasteiger partial charge < -0.3 is 14.8 Å². The first-order valence-corrected chi connectivity index (χ1v) is 7.94. The highest BCUT2D eigenvalue weighted by Crippen LogP contribution is 2.24. The number of benzene rings is 1. The summed E-state index contributed by atoms with van der Waals surface area (Å²) in [4.78, 5) is 28.4. The molecular weight excluding hydrogens is 316 g/mol. The van der Waals surface area contributed by atoms with Crippen LogP contribution >= 0.6 is 11.3 Å². The summed E-state index contributed by atoms with van der Waals surface area (Å²) in [7, 11) is 1.61. The molecule has 0 fully saturated rings. The Bertz CT molecular complexity index is 955. The number of ether oxygens (including phenoxy) is 1. The Hall–Kier alpha value is -2.38. The number of aromatic nitrogens is 2. The minimum atomic E-state index is -0.262. The number of aryl methyl sites for hydroxylation is 2. The van der Waals surface area contributed by atoms with Crippen molar-refractivity contribution in [1.29, 1.82) is 0 Å². The van der Waals surface area contributed by atoms with Crippen molar-refractivity contribution in [3.05, 3.63) is 60.3 Å². The van der Waals surface area contributed by atoms with Gasteiger partial charge in [-0.1, -0.05) is 23.5 Å². The highest BCUT2D eigenvalue weighted by atomic mass is 32.1. The summed E-state index contributed by atoms with van der Waals surface area (Å²) in [5.74, 6) is -0.0614. The lowest BCUT2D eigenvalue weighted by Crippen LogP contribution is -2.06. The largest absolute Gasteiger partial charge is 0.494 e. The molecule has 3 aromatic rings. The van der Waals surface area contributed by atoms with Crippen LogP contribution in [-0.2, 0) is 24.2 Å². The summed E-state index contributed by atoms with van der Waals surface area (Å²) in [5, 5.41) is 10.6. The van der Waals surface area contributed by atoms with Crippen LogP contribution in [0, 0.1) is 0 Å². The molecule has 3 N–H and O–H groups in total. The van der Waals surface area contributed by atoms with Crippen molar-refractivity contribution in [3.63, 3.8) is 0 Å². The second-order valence-corrected chi connectivity index (χ2v) is 6.28. The third kappa shape index (κ3) is 3.20. The third-order valence-electron chi connectivity index (χ3n) is 3.69. The predicted octanol–water partition coefficient (Wildman–Crippen LogP) is 1.92. The Morgan fingerprint density at radius 1 is 1.09 bits per heavy atom. The van der Waals surface area contributed by atoms with Gasteiger partial charge in [0.1, 0.15) is 0 Å². The Labute approximate surface area is 135 Å². The molecule has 0 aliphatic heterocycles. The number of H-pyrrole nitrogens is 2. The topological polar surface area (TPSA) is 95.2 Å². The molecule has 2 heterocycles. The molecule has 1 aromatic carbocycles. The van der Waals surface area contributed by atoms with Crippen LogP contribution in [0.15, 0.2) is 33.9 Å². The smallest absolute Gasteiger partial charge is 0.307 e. The van der Waals surface area contributed by atoms with Gasteiger partial charge in [0.2, 0.25) is 11.4 Å². The van der Waals surface area contributed by atoms with E-state index in [1.807, 2.05) is 12.1 Å². The molecule has 120 valence electrons. The molecule has 23 heavy (non-hydrogen) atoms. The van der Waals surface area contributed by atoms with Gasteiger partial charge >= 0.3 is 4.87 Å². The van der Waals surface area contributed by atoms with Crippen molar-refractivity contribution >= 4 is 22.2 Å². The molecule has 0 unspecified atom stereocenters. The van der Waals surface area contributed by atoms with E-state index in [0.717, 1.165) is 33.4 Å². The van der Waals surface area contributed by atoms with E-state index in [0.29, 0.717) is 24.3 Å². The van der Waals surface area contributed by atoms with E-state index in [1.54, 1.807) is 13.2 Å². The number of hydrogen-bond donors (Lipinski definition) is 3. The maximum Gasteiger partial charge on any atom is 0.307 e. The number of aromatic amines is 2. The maximum atomic E-state index is 11.6.